The molecule has 0 saturated heterocycles. The van der Waals surface area contributed by atoms with Gasteiger partial charge in [0.25, 0.3) is 0 Å². The molecule has 1 unspecified atom stereocenters. The average Bonchev–Trinajstić information content (AvgIpc) is 2.59. The summed E-state index contributed by atoms with van der Waals surface area (Å²) < 4.78 is 24.9. The number of nitrogens with zero attached hydrogens (tertiary/aromatic N) is 1. The molecule has 144 valence electrons. The van der Waals surface area contributed by atoms with Crippen LogP contribution in [-0.2, 0) is 10.0 Å². The second kappa shape index (κ2) is 8.00. The summed E-state index contributed by atoms with van der Waals surface area (Å²) in [5.74, 6) is 0.423. The third kappa shape index (κ3) is 4.60. The lowest BCUT2D eigenvalue weighted by atomic mass is 9.77. The van der Waals surface area contributed by atoms with Gasteiger partial charge in [-0.15, -0.1) is 0 Å². The minimum absolute atomic E-state index is 0.0558. The second-order valence-corrected chi connectivity index (χ2v) is 8.94. The Labute approximate surface area is 160 Å². The number of anilines is 2. The molecule has 0 aromatic heterocycles. The third-order valence-corrected chi connectivity index (χ3v) is 6.25. The Kier molecular flexibility index (Phi) is 5.70. The number of amides is 2. The van der Waals surface area contributed by atoms with Crippen molar-refractivity contribution in [2.75, 3.05) is 22.9 Å². The first-order valence-corrected chi connectivity index (χ1v) is 10.9. The zero-order valence-corrected chi connectivity index (χ0v) is 16.4. The predicted molar refractivity (Wildman–Crippen MR) is 108 cm³/mol. The molecule has 2 amide bonds. The molecule has 1 atom stereocenters. The molecule has 1 fully saturated rings. The zero-order valence-electron chi connectivity index (χ0n) is 15.6. The van der Waals surface area contributed by atoms with Gasteiger partial charge in [0.15, 0.2) is 0 Å². The van der Waals surface area contributed by atoms with Gasteiger partial charge in [0.2, 0.25) is 10.0 Å². The molecule has 27 heavy (non-hydrogen) atoms. The lowest BCUT2D eigenvalue weighted by molar-refractivity contribution is 0.216. The molecule has 1 aliphatic carbocycles. The van der Waals surface area contributed by atoms with Gasteiger partial charge in [0, 0.05) is 7.05 Å². The van der Waals surface area contributed by atoms with Crippen molar-refractivity contribution in [2.45, 2.75) is 25.3 Å². The molecule has 0 aliphatic heterocycles. The van der Waals surface area contributed by atoms with Crippen LogP contribution in [0.1, 0.15) is 30.9 Å². The highest BCUT2D eigenvalue weighted by molar-refractivity contribution is 7.92. The van der Waals surface area contributed by atoms with E-state index >= 15 is 0 Å². The number of benzene rings is 2. The van der Waals surface area contributed by atoms with Gasteiger partial charge in [-0.1, -0.05) is 48.9 Å². The summed E-state index contributed by atoms with van der Waals surface area (Å²) in [6.45, 7) is 0. The van der Waals surface area contributed by atoms with E-state index in [9.17, 15) is 13.2 Å². The maximum absolute atomic E-state index is 12.7. The first kappa shape index (κ1) is 19.2. The number of para-hydroxylation sites is 2. The Morgan fingerprint density at radius 2 is 1.70 bits per heavy atom. The van der Waals surface area contributed by atoms with Gasteiger partial charge in [-0.3, -0.25) is 4.31 Å². The van der Waals surface area contributed by atoms with Crippen molar-refractivity contribution in [3.63, 3.8) is 0 Å². The number of hydrogen-bond donors (Lipinski definition) is 2. The van der Waals surface area contributed by atoms with Crippen molar-refractivity contribution < 1.29 is 13.2 Å². The molecular weight excluding hydrogens is 362 g/mol. The molecule has 1 aliphatic rings. The quantitative estimate of drug-likeness (QED) is 0.792. The number of hydrogen-bond acceptors (Lipinski definition) is 3. The SMILES string of the molecule is CN(c1ccccc1NC(=O)NC(c1ccccc1)C1CCC1)S(C)(=O)=O. The number of carbonyl (C=O) groups is 1. The van der Waals surface area contributed by atoms with Gasteiger partial charge < -0.3 is 10.6 Å². The average molecular weight is 388 g/mol. The van der Waals surface area contributed by atoms with E-state index in [1.54, 1.807) is 24.3 Å². The maximum atomic E-state index is 12.7. The first-order valence-electron chi connectivity index (χ1n) is 9.01. The fraction of sp³-hybridized carbons (Fsp3) is 0.350. The number of nitrogens with one attached hydrogen (secondary N) is 2. The summed E-state index contributed by atoms with van der Waals surface area (Å²) in [6, 6.07) is 16.4. The van der Waals surface area contributed by atoms with Crippen LogP contribution in [0.15, 0.2) is 54.6 Å². The van der Waals surface area contributed by atoms with Crippen LogP contribution in [0.3, 0.4) is 0 Å². The minimum Gasteiger partial charge on any atom is -0.331 e. The van der Waals surface area contributed by atoms with Crippen LogP contribution < -0.4 is 14.9 Å². The standard InChI is InChI=1S/C20H25N3O3S/c1-23(27(2,25)26)18-14-7-6-13-17(18)21-20(24)22-19(16-11-8-12-16)15-9-4-3-5-10-15/h3-7,9-10,13-14,16,19H,8,11-12H2,1-2H3,(H2,21,22,24). The monoisotopic (exact) mass is 387 g/mol. The van der Waals surface area contributed by atoms with Gasteiger partial charge in [-0.2, -0.15) is 0 Å². The molecule has 2 N–H and O–H groups in total. The summed E-state index contributed by atoms with van der Waals surface area (Å²) in [5.41, 5.74) is 1.96. The van der Waals surface area contributed by atoms with Gasteiger partial charge >= 0.3 is 6.03 Å². The number of carbonyl (C=O) groups excluding carboxylic acids is 1. The summed E-state index contributed by atoms with van der Waals surface area (Å²) in [4.78, 5) is 12.7. The van der Waals surface area contributed by atoms with Crippen molar-refractivity contribution in [3.05, 3.63) is 60.2 Å². The molecule has 0 spiro atoms. The van der Waals surface area contributed by atoms with Crippen LogP contribution in [0.2, 0.25) is 0 Å². The molecule has 3 rings (SSSR count). The smallest absolute Gasteiger partial charge is 0.319 e. The van der Waals surface area contributed by atoms with E-state index in [2.05, 4.69) is 10.6 Å². The molecule has 7 heteroatoms. The van der Waals surface area contributed by atoms with Crippen molar-refractivity contribution in [1.29, 1.82) is 0 Å². The van der Waals surface area contributed by atoms with Crippen molar-refractivity contribution in [2.24, 2.45) is 5.92 Å². The Morgan fingerprint density at radius 3 is 2.30 bits per heavy atom. The summed E-state index contributed by atoms with van der Waals surface area (Å²) in [5, 5.41) is 5.88. The fourth-order valence-corrected chi connectivity index (χ4v) is 3.76. The Hall–Kier alpha value is -2.54. The predicted octanol–water partition coefficient (Wildman–Crippen LogP) is 3.75. The topological polar surface area (TPSA) is 78.5 Å². The highest BCUT2D eigenvalue weighted by Crippen LogP contribution is 2.37. The molecular formula is C20H25N3O3S. The van der Waals surface area contributed by atoms with Crippen molar-refractivity contribution >= 4 is 27.4 Å². The summed E-state index contributed by atoms with van der Waals surface area (Å²) >= 11 is 0. The fourth-order valence-electron chi connectivity index (χ4n) is 3.24. The molecule has 0 heterocycles. The van der Waals surface area contributed by atoms with E-state index in [0.29, 0.717) is 17.3 Å². The number of rotatable bonds is 6. The molecule has 2 aromatic carbocycles. The highest BCUT2D eigenvalue weighted by atomic mass is 32.2. The second-order valence-electron chi connectivity index (χ2n) is 6.93. The number of urea groups is 1. The van der Waals surface area contributed by atoms with Crippen LogP contribution in [0, 0.1) is 5.92 Å². The summed E-state index contributed by atoms with van der Waals surface area (Å²) in [6.07, 6.45) is 4.49. The van der Waals surface area contributed by atoms with Crippen LogP contribution in [0.5, 0.6) is 0 Å². The molecule has 6 nitrogen and oxygen atoms in total. The maximum Gasteiger partial charge on any atom is 0.319 e. The van der Waals surface area contributed by atoms with Crippen LogP contribution in [0.25, 0.3) is 0 Å². The van der Waals surface area contributed by atoms with E-state index in [1.165, 1.54) is 13.5 Å². The van der Waals surface area contributed by atoms with E-state index in [0.717, 1.165) is 29.0 Å². The van der Waals surface area contributed by atoms with Crippen molar-refractivity contribution in [1.82, 2.24) is 5.32 Å². The van der Waals surface area contributed by atoms with Gasteiger partial charge in [0.1, 0.15) is 0 Å². The van der Waals surface area contributed by atoms with E-state index < -0.39 is 10.0 Å². The van der Waals surface area contributed by atoms with Gasteiger partial charge in [-0.25, -0.2) is 13.2 Å². The minimum atomic E-state index is -3.43. The lowest BCUT2D eigenvalue weighted by Crippen LogP contribution is -2.39. The Bertz CT molecular complexity index is 896. The summed E-state index contributed by atoms with van der Waals surface area (Å²) in [7, 11) is -1.96. The zero-order chi connectivity index (χ0) is 19.4. The van der Waals surface area contributed by atoms with Gasteiger partial charge in [-0.05, 0) is 36.5 Å². The van der Waals surface area contributed by atoms with Gasteiger partial charge in [0.05, 0.1) is 23.7 Å². The van der Waals surface area contributed by atoms with Crippen LogP contribution in [-0.4, -0.2) is 27.8 Å². The lowest BCUT2D eigenvalue weighted by Gasteiger charge is -2.34. The number of sulfonamides is 1. The van der Waals surface area contributed by atoms with E-state index in [4.69, 9.17) is 0 Å². The molecule has 0 radical (unpaired) electrons. The Morgan fingerprint density at radius 1 is 1.07 bits per heavy atom. The van der Waals surface area contributed by atoms with E-state index in [-0.39, 0.29) is 12.1 Å². The molecule has 1 saturated carbocycles. The molecule has 2 aromatic rings. The third-order valence-electron chi connectivity index (χ3n) is 5.06. The largest absolute Gasteiger partial charge is 0.331 e. The van der Waals surface area contributed by atoms with Crippen LogP contribution >= 0.6 is 0 Å². The van der Waals surface area contributed by atoms with E-state index in [1.807, 2.05) is 30.3 Å². The van der Waals surface area contributed by atoms with Crippen molar-refractivity contribution in [3.8, 4) is 0 Å². The first-order chi connectivity index (χ1) is 12.9. The molecule has 0 bridgehead atoms. The highest BCUT2D eigenvalue weighted by Gasteiger charge is 2.30. The van der Waals surface area contributed by atoms with Crippen LogP contribution in [0.4, 0.5) is 16.2 Å². The Balaban J connectivity index is 1.77. The normalized spacial score (nSPS) is 15.5.